The summed E-state index contributed by atoms with van der Waals surface area (Å²) in [6, 6.07) is 0. The summed E-state index contributed by atoms with van der Waals surface area (Å²) in [5.41, 5.74) is 0.387. The van der Waals surface area contributed by atoms with Crippen molar-refractivity contribution in [1.82, 2.24) is 15.0 Å². The Morgan fingerprint density at radius 2 is 1.78 bits per heavy atom. The van der Waals surface area contributed by atoms with Crippen LogP contribution < -0.4 is 0 Å². The summed E-state index contributed by atoms with van der Waals surface area (Å²) in [7, 11) is 1.65. The van der Waals surface area contributed by atoms with Gasteiger partial charge in [-0.2, -0.15) is 0 Å². The zero-order valence-corrected chi connectivity index (χ0v) is 23.1. The number of Topliss-reactive ketones (excluding diaryl/α,β-unsaturated/α-hetero) is 1. The van der Waals surface area contributed by atoms with Gasteiger partial charge in [-0.1, -0.05) is 12.1 Å². The second kappa shape index (κ2) is 11.4. The van der Waals surface area contributed by atoms with E-state index >= 15 is 0 Å². The van der Waals surface area contributed by atoms with Crippen molar-refractivity contribution < 1.29 is 24.1 Å². The zero-order chi connectivity index (χ0) is 26.0. The number of fused-ring (bicyclic) bond motifs is 5. The number of hydrogen-bond acceptors (Lipinski definition) is 7. The topological polar surface area (TPSA) is 95.7 Å². The molecule has 1 N–H and O–H groups in total. The summed E-state index contributed by atoms with van der Waals surface area (Å²) in [5, 5.41) is 19.1. The Labute approximate surface area is 221 Å². The van der Waals surface area contributed by atoms with Crippen molar-refractivity contribution in [2.24, 2.45) is 40.9 Å². The molecule has 1 aromatic heterocycles. The fourth-order valence-electron chi connectivity index (χ4n) is 8.90. The number of carbonyl (C=O) groups is 1. The lowest BCUT2D eigenvalue weighted by Gasteiger charge is -2.56. The minimum absolute atomic E-state index is 0.112. The van der Waals surface area contributed by atoms with Gasteiger partial charge in [0.2, 0.25) is 0 Å². The molecule has 8 heteroatoms. The number of ketones is 1. The molecule has 4 saturated carbocycles. The first kappa shape index (κ1) is 27.2. The zero-order valence-electron chi connectivity index (χ0n) is 23.1. The van der Waals surface area contributed by atoms with Crippen LogP contribution in [-0.4, -0.2) is 65.0 Å². The summed E-state index contributed by atoms with van der Waals surface area (Å²) in [6.07, 6.45) is 12.1. The molecule has 37 heavy (non-hydrogen) atoms. The molecule has 0 aromatic carbocycles. The van der Waals surface area contributed by atoms with Crippen LogP contribution in [0.4, 0.5) is 0 Å². The number of aliphatic hydroxyl groups is 1. The van der Waals surface area contributed by atoms with Crippen LogP contribution in [-0.2, 0) is 32.2 Å². The molecule has 1 aromatic rings. The van der Waals surface area contributed by atoms with E-state index in [0.717, 1.165) is 49.1 Å². The number of carbonyl (C=O) groups excluding carboxylic acids is 1. The Kier molecular flexibility index (Phi) is 8.39. The highest BCUT2D eigenvalue weighted by Gasteiger charge is 2.58. The Morgan fingerprint density at radius 1 is 1.00 bits per heavy atom. The van der Waals surface area contributed by atoms with E-state index in [9.17, 15) is 9.90 Å². The van der Waals surface area contributed by atoms with E-state index in [1.54, 1.807) is 11.8 Å². The first-order chi connectivity index (χ1) is 17.8. The van der Waals surface area contributed by atoms with E-state index in [1.165, 1.54) is 32.1 Å². The number of methoxy groups -OCH3 is 1. The molecule has 4 fully saturated rings. The van der Waals surface area contributed by atoms with Crippen molar-refractivity contribution in [3.8, 4) is 0 Å². The molecular formula is C29H47N3O5. The van der Waals surface area contributed by atoms with Gasteiger partial charge >= 0.3 is 0 Å². The van der Waals surface area contributed by atoms with Crippen LogP contribution in [0.5, 0.6) is 0 Å². The van der Waals surface area contributed by atoms with Gasteiger partial charge in [0.05, 0.1) is 44.8 Å². The minimum Gasteiger partial charge on any atom is -0.390 e. The Hall–Kier alpha value is -1.35. The highest BCUT2D eigenvalue weighted by molar-refractivity contribution is 5.82. The molecule has 8 nitrogen and oxygen atoms in total. The average molecular weight is 518 g/mol. The van der Waals surface area contributed by atoms with Crippen LogP contribution in [0.1, 0.15) is 77.3 Å². The van der Waals surface area contributed by atoms with E-state index in [2.05, 4.69) is 17.2 Å². The second-order valence-corrected chi connectivity index (χ2v) is 12.9. The van der Waals surface area contributed by atoms with Gasteiger partial charge < -0.3 is 19.3 Å². The van der Waals surface area contributed by atoms with E-state index in [0.29, 0.717) is 57.2 Å². The molecule has 208 valence electrons. The van der Waals surface area contributed by atoms with Crippen molar-refractivity contribution in [3.05, 3.63) is 11.9 Å². The first-order valence-electron chi connectivity index (χ1n) is 14.6. The van der Waals surface area contributed by atoms with E-state index in [-0.39, 0.29) is 11.3 Å². The molecule has 4 aliphatic rings. The van der Waals surface area contributed by atoms with Crippen molar-refractivity contribution >= 4 is 5.78 Å². The lowest BCUT2D eigenvalue weighted by atomic mass is 9.49. The summed E-state index contributed by atoms with van der Waals surface area (Å²) >= 11 is 0. The van der Waals surface area contributed by atoms with Crippen molar-refractivity contribution in [2.75, 3.05) is 33.5 Å². The molecule has 0 saturated heterocycles. The number of nitrogens with zero attached hydrogens (tertiary/aromatic N) is 3. The van der Waals surface area contributed by atoms with Gasteiger partial charge in [-0.25, -0.2) is 4.68 Å². The highest BCUT2D eigenvalue weighted by atomic mass is 16.5. The third-order valence-corrected chi connectivity index (χ3v) is 10.6. The maximum atomic E-state index is 13.6. The van der Waals surface area contributed by atoms with E-state index < -0.39 is 5.60 Å². The van der Waals surface area contributed by atoms with Gasteiger partial charge in [-0.05, 0) is 99.7 Å². The normalized spacial score (nSPS) is 39.1. The maximum Gasteiger partial charge on any atom is 0.157 e. The highest BCUT2D eigenvalue weighted by Crippen LogP contribution is 2.64. The fraction of sp³-hybridized carbons (Fsp3) is 0.897. The third-order valence-electron chi connectivity index (χ3n) is 10.6. The number of rotatable bonds is 11. The van der Waals surface area contributed by atoms with Gasteiger partial charge in [-0.15, -0.1) is 5.10 Å². The van der Waals surface area contributed by atoms with Gasteiger partial charge in [0, 0.05) is 13.0 Å². The maximum absolute atomic E-state index is 13.6. The van der Waals surface area contributed by atoms with Gasteiger partial charge in [0.25, 0.3) is 0 Å². The fourth-order valence-corrected chi connectivity index (χ4v) is 8.90. The number of hydrogen-bond donors (Lipinski definition) is 1. The Bertz CT molecular complexity index is 919. The summed E-state index contributed by atoms with van der Waals surface area (Å²) in [6.45, 7) is 7.25. The minimum atomic E-state index is -0.464. The molecule has 5 rings (SSSR count). The average Bonchev–Trinajstić information content (AvgIpc) is 3.46. The van der Waals surface area contributed by atoms with Crippen molar-refractivity contribution in [1.29, 1.82) is 0 Å². The third kappa shape index (κ3) is 5.82. The predicted molar refractivity (Wildman–Crippen MR) is 139 cm³/mol. The van der Waals surface area contributed by atoms with Crippen LogP contribution in [0.3, 0.4) is 0 Å². The molecular weight excluding hydrogens is 470 g/mol. The summed E-state index contributed by atoms with van der Waals surface area (Å²) < 4.78 is 17.7. The SMILES string of the molecule is COCCOCCOCc1cn(CC(=O)[C@H]2CC[C@H]3[C@@H]4CC[C@@H]5C[C@](C)(O)CC[C@@H]5[C@H]4CC[C@]23C)nn1. The standard InChI is InChI=1S/C29H47N3O5/c1-28(34)10-8-22-20(16-28)4-5-24-23(22)9-11-29(2)25(24)6-7-26(29)27(33)18-32-17-21(30-31-32)19-37-15-14-36-13-12-35-3/h17,20,22-26,34H,4-16,18-19H2,1-3H3/t20-,22+,23-,24-,25+,26-,28-,29+/m1/s1. The largest absolute Gasteiger partial charge is 0.390 e. The molecule has 1 heterocycles. The molecule has 0 unspecified atom stereocenters. The van der Waals surface area contributed by atoms with Crippen LogP contribution in [0, 0.1) is 40.9 Å². The number of ether oxygens (including phenoxy) is 3. The summed E-state index contributed by atoms with van der Waals surface area (Å²) in [5.74, 6) is 4.13. The summed E-state index contributed by atoms with van der Waals surface area (Å²) in [4.78, 5) is 13.6. The second-order valence-electron chi connectivity index (χ2n) is 12.9. The molecule has 0 radical (unpaired) electrons. The van der Waals surface area contributed by atoms with Crippen LogP contribution in [0.15, 0.2) is 6.20 Å². The smallest absolute Gasteiger partial charge is 0.157 e. The monoisotopic (exact) mass is 517 g/mol. The molecule has 0 aliphatic heterocycles. The van der Waals surface area contributed by atoms with Gasteiger partial charge in [-0.3, -0.25) is 4.79 Å². The van der Waals surface area contributed by atoms with Crippen molar-refractivity contribution in [3.63, 3.8) is 0 Å². The predicted octanol–water partition coefficient (Wildman–Crippen LogP) is 4.05. The van der Waals surface area contributed by atoms with Gasteiger partial charge in [0.1, 0.15) is 12.2 Å². The first-order valence-corrected chi connectivity index (χ1v) is 14.6. The van der Waals surface area contributed by atoms with E-state index in [1.807, 2.05) is 13.1 Å². The molecule has 0 amide bonds. The quantitative estimate of drug-likeness (QED) is 0.443. The van der Waals surface area contributed by atoms with Gasteiger partial charge in [0.15, 0.2) is 5.78 Å². The van der Waals surface area contributed by atoms with Crippen LogP contribution in [0.25, 0.3) is 0 Å². The van der Waals surface area contributed by atoms with Crippen molar-refractivity contribution in [2.45, 2.75) is 90.4 Å². The van der Waals surface area contributed by atoms with E-state index in [4.69, 9.17) is 14.2 Å². The molecule has 0 spiro atoms. The molecule has 0 bridgehead atoms. The molecule has 8 atom stereocenters. The Morgan fingerprint density at radius 3 is 2.62 bits per heavy atom. The number of aromatic nitrogens is 3. The molecule has 4 aliphatic carbocycles. The lowest BCUT2D eigenvalue weighted by molar-refractivity contribution is -0.133. The Balaban J connectivity index is 1.13. The lowest BCUT2D eigenvalue weighted by Crippen LogP contribution is -2.51. The van der Waals surface area contributed by atoms with Crippen LogP contribution >= 0.6 is 0 Å². The van der Waals surface area contributed by atoms with Crippen LogP contribution in [0.2, 0.25) is 0 Å².